The van der Waals surface area contributed by atoms with Gasteiger partial charge in [0, 0.05) is 6.54 Å². The van der Waals surface area contributed by atoms with Crippen LogP contribution in [0.4, 0.5) is 0 Å². The summed E-state index contributed by atoms with van der Waals surface area (Å²) < 4.78 is 4.82. The lowest BCUT2D eigenvalue weighted by Gasteiger charge is -2.28. The van der Waals surface area contributed by atoms with Gasteiger partial charge in [0.25, 0.3) is 0 Å². The zero-order valence-corrected chi connectivity index (χ0v) is 16.7. The highest BCUT2D eigenvalue weighted by atomic mass is 16.5. The summed E-state index contributed by atoms with van der Waals surface area (Å²) in [6.07, 6.45) is 6.38. The monoisotopic (exact) mass is 377 g/mol. The van der Waals surface area contributed by atoms with Gasteiger partial charge >= 0.3 is 5.97 Å². The predicted octanol–water partition coefficient (Wildman–Crippen LogP) is 4.62. The van der Waals surface area contributed by atoms with Crippen molar-refractivity contribution in [3.8, 4) is 5.75 Å². The molecule has 0 aliphatic heterocycles. The minimum atomic E-state index is -0.328. The first-order chi connectivity index (χ1) is 13.5. The molecule has 4 nitrogen and oxygen atoms in total. The number of hydrogen-bond donors (Lipinski definition) is 1. The second-order valence-electron chi connectivity index (χ2n) is 7.48. The first-order valence-electron chi connectivity index (χ1n) is 9.51. The molecule has 0 aromatic heterocycles. The number of hydrogen-bond acceptors (Lipinski definition) is 4. The summed E-state index contributed by atoms with van der Waals surface area (Å²) in [5.74, 6) is 0.366. The van der Waals surface area contributed by atoms with Crippen molar-refractivity contribution in [3.05, 3.63) is 76.9 Å². The van der Waals surface area contributed by atoms with Crippen LogP contribution in [0.2, 0.25) is 0 Å². The molecular formula is C24H27NO3. The number of carbonyl (C=O) groups is 1. The van der Waals surface area contributed by atoms with Crippen LogP contribution in [0.5, 0.6) is 5.75 Å². The van der Waals surface area contributed by atoms with Crippen LogP contribution in [-0.2, 0) is 4.74 Å². The second kappa shape index (κ2) is 8.89. The molecule has 1 N–H and O–H groups in total. The van der Waals surface area contributed by atoms with E-state index in [1.807, 2.05) is 30.3 Å². The van der Waals surface area contributed by atoms with Crippen LogP contribution in [-0.4, -0.2) is 43.7 Å². The Bertz CT molecular complexity index is 912. The molecular weight excluding hydrogens is 350 g/mol. The molecule has 0 radical (unpaired) electrons. The molecule has 0 spiro atoms. The van der Waals surface area contributed by atoms with Crippen molar-refractivity contribution in [2.75, 3.05) is 27.7 Å². The van der Waals surface area contributed by atoms with Crippen LogP contribution in [0.15, 0.2) is 60.2 Å². The first kappa shape index (κ1) is 19.9. The maximum absolute atomic E-state index is 11.8. The van der Waals surface area contributed by atoms with Crippen molar-refractivity contribution in [1.82, 2.24) is 4.90 Å². The number of phenols is 1. The lowest BCUT2D eigenvalue weighted by molar-refractivity contribution is 0.0600. The molecule has 0 saturated carbocycles. The normalized spacial score (nSPS) is 18.2. The van der Waals surface area contributed by atoms with E-state index >= 15 is 0 Å². The summed E-state index contributed by atoms with van der Waals surface area (Å²) >= 11 is 0. The number of phenolic OH excluding ortho intramolecular Hbond substituents is 1. The van der Waals surface area contributed by atoms with E-state index in [-0.39, 0.29) is 11.7 Å². The van der Waals surface area contributed by atoms with E-state index in [0.717, 1.165) is 30.5 Å². The van der Waals surface area contributed by atoms with Gasteiger partial charge in [-0.3, -0.25) is 0 Å². The number of nitrogens with zero attached hydrogens (tertiary/aromatic N) is 1. The van der Waals surface area contributed by atoms with Crippen LogP contribution in [0.25, 0.3) is 11.6 Å². The molecule has 0 saturated heterocycles. The maximum atomic E-state index is 11.8. The number of aromatic hydroxyl groups is 1. The Hall–Kier alpha value is -2.85. The summed E-state index contributed by atoms with van der Waals surface area (Å²) in [4.78, 5) is 14.0. The molecule has 0 fully saturated rings. The zero-order valence-electron chi connectivity index (χ0n) is 16.7. The van der Waals surface area contributed by atoms with E-state index in [0.29, 0.717) is 11.5 Å². The highest BCUT2D eigenvalue weighted by Gasteiger charge is 2.22. The van der Waals surface area contributed by atoms with Crippen molar-refractivity contribution in [3.63, 3.8) is 0 Å². The molecule has 3 rings (SSSR count). The molecule has 2 aromatic rings. The number of rotatable bonds is 5. The van der Waals surface area contributed by atoms with Crippen LogP contribution in [0.3, 0.4) is 0 Å². The van der Waals surface area contributed by atoms with Crippen molar-refractivity contribution < 1.29 is 14.6 Å². The Labute approximate surface area is 166 Å². The van der Waals surface area contributed by atoms with Crippen LogP contribution >= 0.6 is 0 Å². The number of ether oxygens (including phenoxy) is 1. The maximum Gasteiger partial charge on any atom is 0.337 e. The Morgan fingerprint density at radius 3 is 2.71 bits per heavy atom. The molecule has 1 aliphatic rings. The minimum absolute atomic E-state index is 0.281. The van der Waals surface area contributed by atoms with E-state index in [4.69, 9.17) is 4.74 Å². The van der Waals surface area contributed by atoms with E-state index in [9.17, 15) is 9.90 Å². The third-order valence-electron chi connectivity index (χ3n) is 4.99. The predicted molar refractivity (Wildman–Crippen MR) is 113 cm³/mol. The van der Waals surface area contributed by atoms with Crippen LogP contribution < -0.4 is 0 Å². The molecule has 4 heteroatoms. The van der Waals surface area contributed by atoms with Crippen molar-refractivity contribution in [2.45, 2.75) is 12.8 Å². The molecule has 2 aromatic carbocycles. The largest absolute Gasteiger partial charge is 0.508 e. The zero-order chi connectivity index (χ0) is 20.1. The average molecular weight is 377 g/mol. The van der Waals surface area contributed by atoms with E-state index in [1.54, 1.807) is 12.1 Å². The van der Waals surface area contributed by atoms with Gasteiger partial charge in [-0.1, -0.05) is 36.4 Å². The fourth-order valence-electron chi connectivity index (χ4n) is 3.72. The Morgan fingerprint density at radius 1 is 1.21 bits per heavy atom. The quantitative estimate of drug-likeness (QED) is 0.773. The Kier molecular flexibility index (Phi) is 6.32. The van der Waals surface area contributed by atoms with Gasteiger partial charge in [0.2, 0.25) is 0 Å². The number of esters is 1. The standard InChI is InChI=1S/C24H27NO3/c1-25(2)16-21-11-10-18(14-23(21)19-7-5-9-22(26)15-19)12-17-6-4-8-20(13-17)24(27)28-3/h4-9,12-15,21,26H,10-11,16H2,1-3H3/b18-12+. The number of allylic oxidation sites excluding steroid dienone is 2. The highest BCUT2D eigenvalue weighted by molar-refractivity contribution is 5.90. The molecule has 1 unspecified atom stereocenters. The lowest BCUT2D eigenvalue weighted by Crippen LogP contribution is -2.24. The summed E-state index contributed by atoms with van der Waals surface area (Å²) in [5, 5.41) is 9.92. The summed E-state index contributed by atoms with van der Waals surface area (Å²) in [7, 11) is 5.57. The molecule has 1 aliphatic carbocycles. The van der Waals surface area contributed by atoms with E-state index < -0.39 is 0 Å². The third-order valence-corrected chi connectivity index (χ3v) is 4.99. The molecule has 0 bridgehead atoms. The topological polar surface area (TPSA) is 49.8 Å². The molecule has 146 valence electrons. The second-order valence-corrected chi connectivity index (χ2v) is 7.48. The minimum Gasteiger partial charge on any atom is -0.508 e. The fourth-order valence-corrected chi connectivity index (χ4v) is 3.72. The molecule has 28 heavy (non-hydrogen) atoms. The Balaban J connectivity index is 1.97. The number of benzene rings is 2. The lowest BCUT2D eigenvalue weighted by atomic mass is 9.81. The van der Waals surface area contributed by atoms with Gasteiger partial charge in [0.05, 0.1) is 12.7 Å². The smallest absolute Gasteiger partial charge is 0.337 e. The van der Waals surface area contributed by atoms with Gasteiger partial charge in [-0.05, 0) is 79.4 Å². The van der Waals surface area contributed by atoms with Gasteiger partial charge in [0.1, 0.15) is 5.75 Å². The van der Waals surface area contributed by atoms with Gasteiger partial charge in [-0.15, -0.1) is 0 Å². The van der Waals surface area contributed by atoms with Crippen molar-refractivity contribution >= 4 is 17.6 Å². The van der Waals surface area contributed by atoms with Crippen LogP contribution in [0, 0.1) is 5.92 Å². The molecule has 0 heterocycles. The average Bonchev–Trinajstić information content (AvgIpc) is 2.68. The van der Waals surface area contributed by atoms with E-state index in [1.165, 1.54) is 18.3 Å². The van der Waals surface area contributed by atoms with Crippen molar-refractivity contribution in [2.24, 2.45) is 5.92 Å². The summed E-state index contributed by atoms with van der Waals surface area (Å²) in [5.41, 5.74) is 5.05. The van der Waals surface area contributed by atoms with Gasteiger partial charge < -0.3 is 14.7 Å². The fraction of sp³-hybridized carbons (Fsp3) is 0.292. The van der Waals surface area contributed by atoms with Gasteiger partial charge in [0.15, 0.2) is 0 Å². The van der Waals surface area contributed by atoms with Crippen molar-refractivity contribution in [1.29, 1.82) is 0 Å². The number of carbonyl (C=O) groups excluding carboxylic acids is 1. The SMILES string of the molecule is COC(=O)c1cccc(/C=C2/C=C(c3cccc(O)c3)C(CN(C)C)CC2)c1. The molecule has 1 atom stereocenters. The van der Waals surface area contributed by atoms with Crippen LogP contribution in [0.1, 0.15) is 34.3 Å². The van der Waals surface area contributed by atoms with E-state index in [2.05, 4.69) is 37.2 Å². The highest BCUT2D eigenvalue weighted by Crippen LogP contribution is 2.36. The first-order valence-corrected chi connectivity index (χ1v) is 9.51. The van der Waals surface area contributed by atoms with Gasteiger partial charge in [-0.25, -0.2) is 4.79 Å². The third kappa shape index (κ3) is 4.90. The van der Waals surface area contributed by atoms with Gasteiger partial charge in [-0.2, -0.15) is 0 Å². The number of methoxy groups -OCH3 is 1. The Morgan fingerprint density at radius 2 is 2.00 bits per heavy atom. The molecule has 0 amide bonds. The summed E-state index contributed by atoms with van der Waals surface area (Å²) in [6, 6.07) is 14.9. The summed E-state index contributed by atoms with van der Waals surface area (Å²) in [6.45, 7) is 0.965.